The molecule has 2 fully saturated rings. The number of nitrogens with zero attached hydrogens (tertiary/aromatic N) is 1. The second-order valence-corrected chi connectivity index (χ2v) is 7.63. The van der Waals surface area contributed by atoms with Crippen LogP contribution in [0.15, 0.2) is 16.6 Å². The van der Waals surface area contributed by atoms with E-state index in [0.29, 0.717) is 5.56 Å². The number of carbonyl (C=O) groups is 3. The third-order valence-electron chi connectivity index (χ3n) is 4.39. The Kier molecular flexibility index (Phi) is 4.34. The number of amides is 3. The molecule has 1 aliphatic carbocycles. The van der Waals surface area contributed by atoms with Crippen LogP contribution in [0.3, 0.4) is 0 Å². The highest BCUT2D eigenvalue weighted by molar-refractivity contribution is 9.10. The minimum Gasteiger partial charge on any atom is -0.423 e. The van der Waals surface area contributed by atoms with Crippen molar-refractivity contribution in [1.82, 2.24) is 10.2 Å². The van der Waals surface area contributed by atoms with Gasteiger partial charge in [-0.1, -0.05) is 27.5 Å². The Labute approximate surface area is 152 Å². The molecule has 1 saturated heterocycles. The molecule has 1 saturated carbocycles. The number of imide groups is 1. The van der Waals surface area contributed by atoms with E-state index in [1.54, 1.807) is 26.0 Å². The second kappa shape index (κ2) is 6.04. The number of halogens is 2. The summed E-state index contributed by atoms with van der Waals surface area (Å²) in [5, 5.41) is 2.96. The van der Waals surface area contributed by atoms with Gasteiger partial charge in [0.1, 0.15) is 12.1 Å². The maximum absolute atomic E-state index is 12.5. The van der Waals surface area contributed by atoms with Crippen LogP contribution in [0.1, 0.15) is 25.3 Å². The number of urea groups is 1. The summed E-state index contributed by atoms with van der Waals surface area (Å²) in [6, 6.07) is 2.80. The summed E-state index contributed by atoms with van der Waals surface area (Å²) in [6.45, 7) is 3.00. The number of benzene rings is 1. The van der Waals surface area contributed by atoms with Gasteiger partial charge in [-0.2, -0.15) is 0 Å². The van der Waals surface area contributed by atoms with Crippen molar-refractivity contribution in [2.75, 3.05) is 6.54 Å². The van der Waals surface area contributed by atoms with Gasteiger partial charge in [0.2, 0.25) is 0 Å². The largest absolute Gasteiger partial charge is 0.423 e. The summed E-state index contributed by atoms with van der Waals surface area (Å²) in [5.41, 5.74) is -0.245. The Bertz CT molecular complexity index is 727. The van der Waals surface area contributed by atoms with Crippen LogP contribution in [0.5, 0.6) is 5.75 Å². The Morgan fingerprint density at radius 3 is 2.71 bits per heavy atom. The van der Waals surface area contributed by atoms with Crippen molar-refractivity contribution in [1.29, 1.82) is 0 Å². The van der Waals surface area contributed by atoms with Gasteiger partial charge in [-0.05, 0) is 50.3 Å². The zero-order chi connectivity index (χ0) is 17.6. The van der Waals surface area contributed by atoms with Gasteiger partial charge in [0, 0.05) is 4.47 Å². The highest BCUT2D eigenvalue weighted by Gasteiger charge is 2.56. The van der Waals surface area contributed by atoms with Crippen molar-refractivity contribution in [2.24, 2.45) is 5.92 Å². The lowest BCUT2D eigenvalue weighted by Gasteiger charge is -2.20. The fourth-order valence-electron chi connectivity index (χ4n) is 2.89. The summed E-state index contributed by atoms with van der Waals surface area (Å²) in [5.74, 6) is -0.739. The standard InChI is InChI=1S/C16H16BrClN2O4/c1-8-5-10(17)6-11(18)13(8)24-12(21)7-20-14(22)16(2,9-3-4-9)19-15(20)23/h5-6,9H,3-4,7H2,1-2H3,(H,19,23). The van der Waals surface area contributed by atoms with E-state index < -0.39 is 24.1 Å². The highest BCUT2D eigenvalue weighted by Crippen LogP contribution is 2.42. The average molecular weight is 416 g/mol. The normalized spacial score (nSPS) is 23.4. The van der Waals surface area contributed by atoms with Gasteiger partial charge in [-0.25, -0.2) is 9.59 Å². The van der Waals surface area contributed by atoms with Gasteiger partial charge in [-0.3, -0.25) is 9.69 Å². The van der Waals surface area contributed by atoms with Gasteiger partial charge in [0.15, 0.2) is 5.75 Å². The molecule has 1 aliphatic heterocycles. The molecule has 3 rings (SSSR count). The van der Waals surface area contributed by atoms with Crippen molar-refractivity contribution >= 4 is 45.4 Å². The van der Waals surface area contributed by atoms with Gasteiger partial charge in [0.25, 0.3) is 5.91 Å². The van der Waals surface area contributed by atoms with Crippen LogP contribution < -0.4 is 10.1 Å². The monoisotopic (exact) mass is 414 g/mol. The third kappa shape index (κ3) is 3.02. The molecule has 1 unspecified atom stereocenters. The summed E-state index contributed by atoms with van der Waals surface area (Å²) in [7, 11) is 0. The van der Waals surface area contributed by atoms with Crippen molar-refractivity contribution in [3.8, 4) is 5.75 Å². The highest BCUT2D eigenvalue weighted by atomic mass is 79.9. The predicted octanol–water partition coefficient (Wildman–Crippen LogP) is 3.04. The van der Waals surface area contributed by atoms with Crippen molar-refractivity contribution in [3.05, 3.63) is 27.2 Å². The Balaban J connectivity index is 1.72. The molecule has 0 spiro atoms. The number of ether oxygens (including phenoxy) is 1. The number of hydrogen-bond acceptors (Lipinski definition) is 4. The molecule has 8 heteroatoms. The molecule has 0 radical (unpaired) electrons. The summed E-state index contributed by atoms with van der Waals surface area (Å²) < 4.78 is 6.03. The summed E-state index contributed by atoms with van der Waals surface area (Å²) >= 11 is 9.38. The number of carbonyl (C=O) groups excluding carboxylic acids is 3. The molecular weight excluding hydrogens is 400 g/mol. The topological polar surface area (TPSA) is 75.7 Å². The van der Waals surface area contributed by atoms with Crippen molar-refractivity contribution in [2.45, 2.75) is 32.2 Å². The minimum absolute atomic E-state index is 0.137. The number of esters is 1. The fraction of sp³-hybridized carbons (Fsp3) is 0.438. The molecule has 1 atom stereocenters. The fourth-order valence-corrected chi connectivity index (χ4v) is 3.90. The smallest absolute Gasteiger partial charge is 0.331 e. The van der Waals surface area contributed by atoms with Gasteiger partial charge in [-0.15, -0.1) is 0 Å². The van der Waals surface area contributed by atoms with E-state index in [2.05, 4.69) is 21.2 Å². The van der Waals surface area contributed by atoms with Gasteiger partial charge < -0.3 is 10.1 Å². The first-order valence-electron chi connectivity index (χ1n) is 7.53. The van der Waals surface area contributed by atoms with Crippen LogP contribution in [-0.2, 0) is 9.59 Å². The first-order valence-corrected chi connectivity index (χ1v) is 8.70. The summed E-state index contributed by atoms with van der Waals surface area (Å²) in [6.07, 6.45) is 1.79. The molecule has 0 bridgehead atoms. The molecule has 1 N–H and O–H groups in total. The zero-order valence-corrected chi connectivity index (χ0v) is 15.5. The molecule has 6 nitrogen and oxygen atoms in total. The van der Waals surface area contributed by atoms with Crippen LogP contribution in [-0.4, -0.2) is 34.9 Å². The first-order chi connectivity index (χ1) is 11.2. The number of aryl methyl sites for hydroxylation is 1. The molecule has 2 aliphatic rings. The molecule has 1 heterocycles. The van der Waals surface area contributed by atoms with Crippen LogP contribution in [0.2, 0.25) is 5.02 Å². The molecule has 1 aromatic rings. The number of rotatable bonds is 4. The molecule has 128 valence electrons. The maximum atomic E-state index is 12.5. The van der Waals surface area contributed by atoms with Crippen molar-refractivity contribution < 1.29 is 19.1 Å². The molecule has 24 heavy (non-hydrogen) atoms. The first kappa shape index (κ1) is 17.2. The number of nitrogens with one attached hydrogen (secondary N) is 1. The van der Waals surface area contributed by atoms with E-state index in [4.69, 9.17) is 16.3 Å². The zero-order valence-electron chi connectivity index (χ0n) is 13.2. The van der Waals surface area contributed by atoms with Crippen molar-refractivity contribution in [3.63, 3.8) is 0 Å². The third-order valence-corrected chi connectivity index (χ3v) is 5.13. The Morgan fingerprint density at radius 1 is 1.46 bits per heavy atom. The van der Waals surface area contributed by atoms with Crippen LogP contribution in [0, 0.1) is 12.8 Å². The van der Waals surface area contributed by atoms with E-state index in [1.807, 2.05) is 0 Å². The Hall–Kier alpha value is -1.60. The molecular formula is C16H16BrClN2O4. The van der Waals surface area contributed by atoms with Crippen LogP contribution >= 0.6 is 27.5 Å². The molecule has 3 amide bonds. The summed E-state index contributed by atoms with van der Waals surface area (Å²) in [4.78, 5) is 37.6. The predicted molar refractivity (Wildman–Crippen MR) is 90.9 cm³/mol. The lowest BCUT2D eigenvalue weighted by molar-refractivity contribution is -0.141. The average Bonchev–Trinajstić information content (AvgIpc) is 3.29. The van der Waals surface area contributed by atoms with Crippen LogP contribution in [0.4, 0.5) is 4.79 Å². The molecule has 1 aromatic carbocycles. The second-order valence-electron chi connectivity index (χ2n) is 6.31. The SMILES string of the molecule is Cc1cc(Br)cc(Cl)c1OC(=O)CN1C(=O)NC(C)(C2CC2)C1=O. The minimum atomic E-state index is -0.914. The van der Waals surface area contributed by atoms with E-state index >= 15 is 0 Å². The van der Waals surface area contributed by atoms with Gasteiger partial charge >= 0.3 is 12.0 Å². The van der Waals surface area contributed by atoms with E-state index in [-0.39, 0.29) is 22.6 Å². The number of hydrogen-bond donors (Lipinski definition) is 1. The van der Waals surface area contributed by atoms with Gasteiger partial charge in [0.05, 0.1) is 5.02 Å². The van der Waals surface area contributed by atoms with E-state index in [9.17, 15) is 14.4 Å². The lowest BCUT2D eigenvalue weighted by Crippen LogP contribution is -2.46. The van der Waals surface area contributed by atoms with E-state index in [0.717, 1.165) is 22.2 Å². The molecule has 0 aromatic heterocycles. The maximum Gasteiger partial charge on any atom is 0.331 e. The van der Waals surface area contributed by atoms with Crippen LogP contribution in [0.25, 0.3) is 0 Å². The van der Waals surface area contributed by atoms with E-state index in [1.165, 1.54) is 0 Å². The quantitative estimate of drug-likeness (QED) is 0.466. The lowest BCUT2D eigenvalue weighted by atomic mass is 9.96. The Morgan fingerprint density at radius 2 is 2.12 bits per heavy atom.